The van der Waals surface area contributed by atoms with Crippen LogP contribution < -0.4 is 20.9 Å². The number of amides is 2. The van der Waals surface area contributed by atoms with Crippen molar-refractivity contribution in [1.29, 1.82) is 0 Å². The number of ether oxygens (including phenoxy) is 1. The number of benzene rings is 1. The van der Waals surface area contributed by atoms with Crippen LogP contribution in [0, 0.1) is 0 Å². The van der Waals surface area contributed by atoms with E-state index < -0.39 is 41.0 Å². The van der Waals surface area contributed by atoms with E-state index >= 15 is 0 Å². The fourth-order valence-corrected chi connectivity index (χ4v) is 3.15. The minimum Gasteiger partial charge on any atom is -0.497 e. The van der Waals surface area contributed by atoms with Gasteiger partial charge in [0, 0.05) is 24.4 Å². The van der Waals surface area contributed by atoms with Crippen LogP contribution in [0.15, 0.2) is 53.6 Å². The number of aromatic amines is 1. The van der Waals surface area contributed by atoms with Gasteiger partial charge in [0.15, 0.2) is 0 Å². The summed E-state index contributed by atoms with van der Waals surface area (Å²) in [6.07, 6.45) is -3.03. The molecule has 0 aliphatic rings. The first kappa shape index (κ1) is 32.9. The van der Waals surface area contributed by atoms with E-state index in [0.29, 0.717) is 0 Å². The Balaban J connectivity index is 0.000000782. The van der Waals surface area contributed by atoms with Gasteiger partial charge in [0.25, 0.3) is 11.5 Å². The normalized spacial score (nSPS) is 11.0. The zero-order valence-electron chi connectivity index (χ0n) is 22.4. The summed E-state index contributed by atoms with van der Waals surface area (Å²) < 4.78 is 36.9. The highest BCUT2D eigenvalue weighted by Crippen LogP contribution is 2.24. The summed E-state index contributed by atoms with van der Waals surface area (Å²) in [6.45, 7) is 3.54. The molecule has 0 unspecified atom stereocenters. The lowest BCUT2D eigenvalue weighted by Crippen LogP contribution is -2.43. The highest BCUT2D eigenvalue weighted by Gasteiger charge is 2.38. The molecule has 0 saturated heterocycles. The Morgan fingerprint density at radius 1 is 0.952 bits per heavy atom. The van der Waals surface area contributed by atoms with Gasteiger partial charge < -0.3 is 20.3 Å². The van der Waals surface area contributed by atoms with Crippen LogP contribution in [0.5, 0.6) is 5.75 Å². The van der Waals surface area contributed by atoms with E-state index in [2.05, 4.69) is 25.6 Å². The molecule has 13 nitrogen and oxygen atoms in total. The van der Waals surface area contributed by atoms with E-state index in [1.165, 1.54) is 0 Å². The number of nitrogens with one attached hydrogen (secondary N) is 3. The number of pyridine rings is 1. The molecule has 224 valence electrons. The summed E-state index contributed by atoms with van der Waals surface area (Å²) in [4.78, 5) is 66.9. The van der Waals surface area contributed by atoms with Crippen LogP contribution in [-0.4, -0.2) is 62.2 Å². The molecular weight excluding hydrogens is 567 g/mol. The van der Waals surface area contributed by atoms with Crippen molar-refractivity contribution in [2.75, 3.05) is 12.4 Å². The summed E-state index contributed by atoms with van der Waals surface area (Å²) in [5, 5.41) is 20.8. The van der Waals surface area contributed by atoms with Crippen LogP contribution >= 0.6 is 0 Å². The quantitative estimate of drug-likeness (QED) is 0.246. The van der Waals surface area contributed by atoms with Crippen LogP contribution in [0.2, 0.25) is 0 Å². The SMILES string of the molecule is COc1ccc(-c2ccc(C(C)(C)NC(=O)c3cnc(NC(=O)CCC(=O)O)[nH]c3=O)cn2)cc1.O=C(O)C(F)(F)F. The molecule has 2 aromatic heterocycles. The average molecular weight is 594 g/mol. The van der Waals surface area contributed by atoms with E-state index in [0.717, 1.165) is 28.8 Å². The first-order valence-electron chi connectivity index (χ1n) is 11.9. The number of carboxylic acids is 2. The van der Waals surface area contributed by atoms with Gasteiger partial charge in [-0.3, -0.25) is 34.5 Å². The van der Waals surface area contributed by atoms with Gasteiger partial charge in [0.2, 0.25) is 11.9 Å². The molecule has 0 atom stereocenters. The molecule has 2 heterocycles. The molecule has 3 rings (SSSR count). The van der Waals surface area contributed by atoms with Crippen molar-refractivity contribution in [3.63, 3.8) is 0 Å². The standard InChI is InChI=1S/C24H25N5O6.C2HF3O2/c1-24(2,15-6-9-18(25-12-15)14-4-7-16(35-3)8-5-14)29-22(34)17-13-26-23(28-21(17)33)27-19(30)10-11-20(31)32;3-2(4,5)1(6)7/h4-9,12-13H,10-11H2,1-3H3,(H,29,34)(H,31,32)(H2,26,27,28,30,33);(H,6,7). The van der Waals surface area contributed by atoms with Gasteiger partial charge in [-0.15, -0.1) is 0 Å². The Bertz CT molecular complexity index is 1490. The topological polar surface area (TPSA) is 201 Å². The lowest BCUT2D eigenvalue weighted by atomic mass is 9.95. The summed E-state index contributed by atoms with van der Waals surface area (Å²) >= 11 is 0. The van der Waals surface area contributed by atoms with E-state index in [1.54, 1.807) is 27.2 Å². The molecule has 0 fully saturated rings. The van der Waals surface area contributed by atoms with Crippen molar-refractivity contribution >= 4 is 29.7 Å². The van der Waals surface area contributed by atoms with Crippen molar-refractivity contribution in [2.24, 2.45) is 0 Å². The van der Waals surface area contributed by atoms with Crippen LogP contribution in [-0.2, 0) is 19.9 Å². The molecule has 42 heavy (non-hydrogen) atoms. The first-order chi connectivity index (χ1) is 19.5. The second kappa shape index (κ2) is 13.9. The molecule has 0 saturated carbocycles. The maximum Gasteiger partial charge on any atom is 0.490 e. The summed E-state index contributed by atoms with van der Waals surface area (Å²) in [5.74, 6) is -4.60. The van der Waals surface area contributed by atoms with Gasteiger partial charge in [0.05, 0.1) is 24.8 Å². The largest absolute Gasteiger partial charge is 0.497 e. The number of halogens is 3. The number of hydrogen-bond acceptors (Lipinski definition) is 8. The van der Waals surface area contributed by atoms with Crippen molar-refractivity contribution in [3.8, 4) is 17.0 Å². The molecule has 5 N–H and O–H groups in total. The summed E-state index contributed by atoms with van der Waals surface area (Å²) in [5.41, 5.74) is 0.514. The molecule has 0 radical (unpaired) electrons. The van der Waals surface area contributed by atoms with Crippen LogP contribution in [0.3, 0.4) is 0 Å². The van der Waals surface area contributed by atoms with Crippen LogP contribution in [0.1, 0.15) is 42.6 Å². The third-order valence-electron chi connectivity index (χ3n) is 5.41. The number of alkyl halides is 3. The number of anilines is 1. The molecule has 0 bridgehead atoms. The number of hydrogen-bond donors (Lipinski definition) is 5. The number of carboxylic acid groups (broad SMARTS) is 2. The predicted octanol–water partition coefficient (Wildman–Crippen LogP) is 2.94. The van der Waals surface area contributed by atoms with Gasteiger partial charge in [-0.2, -0.15) is 13.2 Å². The molecule has 0 aliphatic carbocycles. The number of aromatic nitrogens is 3. The number of carbonyl (C=O) groups is 4. The monoisotopic (exact) mass is 593 g/mol. The minimum atomic E-state index is -5.08. The zero-order chi connectivity index (χ0) is 31.7. The van der Waals surface area contributed by atoms with Gasteiger partial charge in [-0.1, -0.05) is 6.07 Å². The number of H-pyrrole nitrogens is 1. The van der Waals surface area contributed by atoms with Gasteiger partial charge in [-0.25, -0.2) is 9.78 Å². The fraction of sp³-hybridized carbons (Fsp3) is 0.269. The smallest absolute Gasteiger partial charge is 0.490 e. The lowest BCUT2D eigenvalue weighted by molar-refractivity contribution is -0.192. The second-order valence-electron chi connectivity index (χ2n) is 8.96. The highest BCUT2D eigenvalue weighted by molar-refractivity contribution is 5.94. The fourth-order valence-electron chi connectivity index (χ4n) is 3.15. The molecule has 0 aliphatic heterocycles. The van der Waals surface area contributed by atoms with Gasteiger partial charge >= 0.3 is 18.1 Å². The van der Waals surface area contributed by atoms with Crippen molar-refractivity contribution in [1.82, 2.24) is 20.3 Å². The number of methoxy groups -OCH3 is 1. The van der Waals surface area contributed by atoms with Crippen molar-refractivity contribution in [2.45, 2.75) is 38.4 Å². The predicted molar refractivity (Wildman–Crippen MR) is 141 cm³/mol. The van der Waals surface area contributed by atoms with E-state index in [1.807, 2.05) is 36.4 Å². The molecule has 2 amide bonds. The van der Waals surface area contributed by atoms with Crippen LogP contribution in [0.4, 0.5) is 19.1 Å². The summed E-state index contributed by atoms with van der Waals surface area (Å²) in [6, 6.07) is 11.1. The van der Waals surface area contributed by atoms with Crippen LogP contribution in [0.25, 0.3) is 11.3 Å². The maximum absolute atomic E-state index is 12.8. The van der Waals surface area contributed by atoms with Gasteiger partial charge in [-0.05, 0) is 49.7 Å². The first-order valence-corrected chi connectivity index (χ1v) is 11.9. The van der Waals surface area contributed by atoms with E-state index in [9.17, 15) is 32.3 Å². The van der Waals surface area contributed by atoms with Gasteiger partial charge in [0.1, 0.15) is 11.3 Å². The minimum absolute atomic E-state index is 0.181. The maximum atomic E-state index is 12.8. The Labute approximate surface area is 235 Å². The third kappa shape index (κ3) is 9.72. The second-order valence-corrected chi connectivity index (χ2v) is 8.96. The molecule has 16 heteroatoms. The van der Waals surface area contributed by atoms with Crippen molar-refractivity contribution < 1.29 is 47.3 Å². The zero-order valence-corrected chi connectivity index (χ0v) is 22.4. The Morgan fingerprint density at radius 2 is 1.57 bits per heavy atom. The average Bonchev–Trinajstić information content (AvgIpc) is 2.91. The highest BCUT2D eigenvalue weighted by atomic mass is 19.4. The lowest BCUT2D eigenvalue weighted by Gasteiger charge is -2.26. The van der Waals surface area contributed by atoms with E-state index in [-0.39, 0.29) is 24.4 Å². The molecule has 0 spiro atoms. The number of carbonyl (C=O) groups excluding carboxylic acids is 2. The Kier molecular flexibility index (Phi) is 10.9. The number of aliphatic carboxylic acids is 2. The number of nitrogens with zero attached hydrogens (tertiary/aromatic N) is 2. The molecule has 3 aromatic rings. The molecular formula is C26H26F3N5O8. The van der Waals surface area contributed by atoms with E-state index in [4.69, 9.17) is 19.7 Å². The summed E-state index contributed by atoms with van der Waals surface area (Å²) in [7, 11) is 1.60. The molecule has 1 aromatic carbocycles. The Hall–Kier alpha value is -5.28. The number of rotatable bonds is 9. The van der Waals surface area contributed by atoms with Crippen molar-refractivity contribution in [3.05, 3.63) is 70.3 Å². The third-order valence-corrected chi connectivity index (χ3v) is 5.41. The Morgan fingerprint density at radius 3 is 2.05 bits per heavy atom.